The zero-order valence-corrected chi connectivity index (χ0v) is 9.85. The zero-order chi connectivity index (χ0) is 12.0. The maximum Gasteiger partial charge on any atom is 0.133 e. The van der Waals surface area contributed by atoms with Crippen molar-refractivity contribution in [2.45, 2.75) is 32.9 Å². The third kappa shape index (κ3) is 4.16. The molecule has 0 spiro atoms. The average molecular weight is 224 g/mol. The molecule has 0 aliphatic carbocycles. The predicted octanol–water partition coefficient (Wildman–Crippen LogP) is 1.28. The van der Waals surface area contributed by atoms with Crippen LogP contribution in [0.4, 0.5) is 0 Å². The molecule has 4 heteroatoms. The van der Waals surface area contributed by atoms with E-state index in [1.807, 2.05) is 0 Å². The van der Waals surface area contributed by atoms with Gasteiger partial charge in [-0.25, -0.2) is 0 Å². The van der Waals surface area contributed by atoms with E-state index in [2.05, 4.69) is 24.1 Å². The van der Waals surface area contributed by atoms with E-state index in [-0.39, 0.29) is 12.4 Å². The second kappa shape index (κ2) is 6.45. The Morgan fingerprint density at radius 3 is 2.62 bits per heavy atom. The fourth-order valence-corrected chi connectivity index (χ4v) is 1.57. The molecule has 0 saturated carbocycles. The van der Waals surface area contributed by atoms with E-state index < -0.39 is 0 Å². The quantitative estimate of drug-likeness (QED) is 0.681. The summed E-state index contributed by atoms with van der Waals surface area (Å²) >= 11 is 0. The highest BCUT2D eigenvalue weighted by Crippen LogP contribution is 2.09. The number of rotatable bonds is 6. The molecule has 0 aliphatic heterocycles. The van der Waals surface area contributed by atoms with Crippen molar-refractivity contribution in [1.29, 1.82) is 0 Å². The third-order valence-corrected chi connectivity index (χ3v) is 2.60. The van der Waals surface area contributed by atoms with Gasteiger partial charge in [0.15, 0.2) is 0 Å². The van der Waals surface area contributed by atoms with E-state index >= 15 is 0 Å². The molecule has 0 amide bonds. The molecule has 3 N–H and O–H groups in total. The molecule has 0 aliphatic rings. The smallest absolute Gasteiger partial charge is 0.133 e. The first-order valence-electron chi connectivity index (χ1n) is 5.61. The summed E-state index contributed by atoms with van der Waals surface area (Å²) in [7, 11) is 0. The van der Waals surface area contributed by atoms with Crippen molar-refractivity contribution in [3.05, 3.63) is 24.0 Å². The summed E-state index contributed by atoms with van der Waals surface area (Å²) < 4.78 is 0. The minimum absolute atomic E-state index is 0.180. The molecular weight excluding hydrogens is 204 g/mol. The normalized spacial score (nSPS) is 13.0. The fraction of sp³-hybridized carbons (Fsp3) is 0.583. The lowest BCUT2D eigenvalue weighted by Gasteiger charge is -2.21. The summed E-state index contributed by atoms with van der Waals surface area (Å²) in [5, 5.41) is 21.4. The summed E-state index contributed by atoms with van der Waals surface area (Å²) in [6.45, 7) is 5.09. The number of nitrogens with zero attached hydrogens (tertiary/aromatic N) is 1. The molecule has 1 aromatic heterocycles. The van der Waals surface area contributed by atoms with Crippen LogP contribution in [0, 0.1) is 5.92 Å². The summed E-state index contributed by atoms with van der Waals surface area (Å²) in [5.41, 5.74) is 0.890. The molecule has 16 heavy (non-hydrogen) atoms. The van der Waals surface area contributed by atoms with Crippen LogP contribution < -0.4 is 5.32 Å². The Hall–Kier alpha value is -1.13. The Bertz CT molecular complexity index is 298. The molecular formula is C12H20N2O2. The van der Waals surface area contributed by atoms with Crippen molar-refractivity contribution in [3.63, 3.8) is 0 Å². The fourth-order valence-electron chi connectivity index (χ4n) is 1.57. The van der Waals surface area contributed by atoms with Crippen LogP contribution in [0.3, 0.4) is 0 Å². The zero-order valence-electron chi connectivity index (χ0n) is 9.85. The lowest BCUT2D eigenvalue weighted by molar-refractivity contribution is 0.243. The van der Waals surface area contributed by atoms with Crippen LogP contribution in [0.5, 0.6) is 5.75 Å². The van der Waals surface area contributed by atoms with Gasteiger partial charge in [-0.15, -0.1) is 0 Å². The Labute approximate surface area is 96.3 Å². The molecule has 1 rings (SSSR count). The molecule has 90 valence electrons. The summed E-state index contributed by atoms with van der Waals surface area (Å²) in [4.78, 5) is 4.09. The Morgan fingerprint density at radius 1 is 1.38 bits per heavy atom. The summed E-state index contributed by atoms with van der Waals surface area (Å²) in [5.74, 6) is 0.656. The monoisotopic (exact) mass is 224 g/mol. The number of pyridine rings is 1. The summed E-state index contributed by atoms with van der Waals surface area (Å²) in [6.07, 6.45) is 2.18. The average Bonchev–Trinajstić information content (AvgIpc) is 2.26. The van der Waals surface area contributed by atoms with Crippen molar-refractivity contribution < 1.29 is 10.2 Å². The van der Waals surface area contributed by atoms with Crippen molar-refractivity contribution in [2.75, 3.05) is 6.61 Å². The van der Waals surface area contributed by atoms with Gasteiger partial charge < -0.3 is 15.5 Å². The lowest BCUT2D eigenvalue weighted by Crippen LogP contribution is -2.34. The van der Waals surface area contributed by atoms with Gasteiger partial charge in [-0.1, -0.05) is 13.8 Å². The molecule has 1 unspecified atom stereocenters. The van der Waals surface area contributed by atoms with Gasteiger partial charge in [-0.2, -0.15) is 0 Å². The predicted molar refractivity (Wildman–Crippen MR) is 63.1 cm³/mol. The Balaban J connectivity index is 2.45. The molecule has 0 fully saturated rings. The first kappa shape index (κ1) is 12.9. The number of hydrogen-bond donors (Lipinski definition) is 3. The molecule has 0 aromatic carbocycles. The molecule has 1 aromatic rings. The van der Waals surface area contributed by atoms with Crippen LogP contribution in [-0.2, 0) is 6.54 Å². The molecule has 1 heterocycles. The maximum absolute atomic E-state index is 9.09. The van der Waals surface area contributed by atoms with Crippen LogP contribution in [-0.4, -0.2) is 27.8 Å². The van der Waals surface area contributed by atoms with Gasteiger partial charge in [0.2, 0.25) is 0 Å². The van der Waals surface area contributed by atoms with E-state index in [1.54, 1.807) is 12.1 Å². The van der Waals surface area contributed by atoms with Crippen LogP contribution in [0.1, 0.15) is 26.0 Å². The minimum Gasteiger partial charge on any atom is -0.506 e. The number of hydrogen-bond acceptors (Lipinski definition) is 4. The SMILES string of the molecule is CC(C)C(CCO)NCc1ccc(O)cn1. The van der Waals surface area contributed by atoms with Gasteiger partial charge in [-0.3, -0.25) is 4.98 Å². The minimum atomic E-state index is 0.180. The van der Waals surface area contributed by atoms with Gasteiger partial charge in [0.25, 0.3) is 0 Å². The molecule has 0 bridgehead atoms. The highest BCUT2D eigenvalue weighted by atomic mass is 16.3. The van der Waals surface area contributed by atoms with E-state index in [0.29, 0.717) is 18.5 Å². The van der Waals surface area contributed by atoms with Gasteiger partial charge >= 0.3 is 0 Å². The Kier molecular flexibility index (Phi) is 5.22. The first-order chi connectivity index (χ1) is 7.63. The van der Waals surface area contributed by atoms with E-state index in [1.165, 1.54) is 6.20 Å². The molecule has 4 nitrogen and oxygen atoms in total. The van der Waals surface area contributed by atoms with E-state index in [4.69, 9.17) is 10.2 Å². The highest BCUT2D eigenvalue weighted by Gasteiger charge is 2.11. The molecule has 0 saturated heterocycles. The van der Waals surface area contributed by atoms with Crippen molar-refractivity contribution in [3.8, 4) is 5.75 Å². The topological polar surface area (TPSA) is 65.4 Å². The molecule has 0 radical (unpaired) electrons. The third-order valence-electron chi connectivity index (χ3n) is 2.60. The number of aliphatic hydroxyl groups is 1. The Morgan fingerprint density at radius 2 is 2.12 bits per heavy atom. The van der Waals surface area contributed by atoms with Gasteiger partial charge in [-0.05, 0) is 24.5 Å². The van der Waals surface area contributed by atoms with Gasteiger partial charge in [0, 0.05) is 19.2 Å². The van der Waals surface area contributed by atoms with Crippen LogP contribution in [0.25, 0.3) is 0 Å². The van der Waals surface area contributed by atoms with Crippen LogP contribution in [0.15, 0.2) is 18.3 Å². The van der Waals surface area contributed by atoms with E-state index in [0.717, 1.165) is 12.1 Å². The van der Waals surface area contributed by atoms with E-state index in [9.17, 15) is 0 Å². The van der Waals surface area contributed by atoms with Crippen molar-refractivity contribution in [1.82, 2.24) is 10.3 Å². The number of aromatic nitrogens is 1. The summed E-state index contributed by atoms with van der Waals surface area (Å²) in [6, 6.07) is 3.71. The number of aliphatic hydroxyl groups excluding tert-OH is 1. The van der Waals surface area contributed by atoms with Crippen LogP contribution >= 0.6 is 0 Å². The second-order valence-corrected chi connectivity index (χ2v) is 4.25. The molecule has 1 atom stereocenters. The van der Waals surface area contributed by atoms with Crippen molar-refractivity contribution >= 4 is 0 Å². The van der Waals surface area contributed by atoms with Gasteiger partial charge in [0.1, 0.15) is 5.75 Å². The largest absolute Gasteiger partial charge is 0.506 e. The van der Waals surface area contributed by atoms with Crippen LogP contribution in [0.2, 0.25) is 0 Å². The standard InChI is InChI=1S/C12H20N2O2/c1-9(2)12(5-6-15)14-7-10-3-4-11(16)8-13-10/h3-4,8-9,12,14-16H,5-7H2,1-2H3. The number of nitrogens with one attached hydrogen (secondary N) is 1. The maximum atomic E-state index is 9.09. The van der Waals surface area contributed by atoms with Crippen molar-refractivity contribution in [2.24, 2.45) is 5.92 Å². The lowest BCUT2D eigenvalue weighted by atomic mass is 10.0. The highest BCUT2D eigenvalue weighted by molar-refractivity contribution is 5.17. The number of aromatic hydroxyl groups is 1. The van der Waals surface area contributed by atoms with Gasteiger partial charge in [0.05, 0.1) is 11.9 Å². The second-order valence-electron chi connectivity index (χ2n) is 4.25. The first-order valence-corrected chi connectivity index (χ1v) is 5.61.